The standard InChI is InChI=1S/C25H38O.C24H38O/c1-5-6-7-8-9-10-11-12-13-14-15-16-17-18-19-20-21-22-23-24(26)25(2,3)4;1-5-6-7-8-9-10-11-12-13-14-15-16-17-18-19-20-21-22-23(25)24(2,3)4/h6-7,9-10,12-13,15-16,18-19,21-22H,5,8,11,14,17,20,23H2,1-4H3;6-7,9-10,12-13,15-16,18-19H,5,8,11,14,17,20-22H2,1-4H3/b7-6-,10-9-,13-12-,16-15-,19-18-,22-21-;7-6-,10-9-,13-12-,16-15-,19-18-. The van der Waals surface area contributed by atoms with Gasteiger partial charge >= 0.3 is 0 Å². The highest BCUT2D eigenvalue weighted by Crippen LogP contribution is 2.18. The number of ketones is 2. The summed E-state index contributed by atoms with van der Waals surface area (Å²) in [5, 5.41) is 0. The first kappa shape index (κ1) is 49.6. The molecule has 0 fully saturated rings. The van der Waals surface area contributed by atoms with E-state index in [1.54, 1.807) is 0 Å². The normalized spacial score (nSPS) is 13.6. The van der Waals surface area contributed by atoms with Crippen molar-refractivity contribution in [3.63, 3.8) is 0 Å². The molecule has 0 radical (unpaired) electrons. The fraction of sp³-hybridized carbons (Fsp3) is 0.510. The van der Waals surface area contributed by atoms with E-state index >= 15 is 0 Å². The molecule has 0 bridgehead atoms. The van der Waals surface area contributed by atoms with Crippen molar-refractivity contribution in [2.24, 2.45) is 10.8 Å². The Bertz CT molecular complexity index is 1170. The summed E-state index contributed by atoms with van der Waals surface area (Å²) in [6.07, 6.45) is 62.4. The molecule has 0 aromatic rings. The van der Waals surface area contributed by atoms with Crippen LogP contribution in [0.4, 0.5) is 0 Å². The topological polar surface area (TPSA) is 34.1 Å². The lowest BCUT2D eigenvalue weighted by atomic mass is 9.88. The maximum absolute atomic E-state index is 11.8. The molecule has 0 amide bonds. The molecule has 0 atom stereocenters. The van der Waals surface area contributed by atoms with E-state index in [0.29, 0.717) is 18.6 Å². The summed E-state index contributed by atoms with van der Waals surface area (Å²) in [6, 6.07) is 0. The number of Topliss-reactive ketones (excluding diaryl/α,β-unsaturated/α-hetero) is 2. The molecule has 0 saturated carbocycles. The first-order chi connectivity index (χ1) is 24.5. The molecule has 0 aliphatic rings. The van der Waals surface area contributed by atoms with Gasteiger partial charge in [0.2, 0.25) is 0 Å². The van der Waals surface area contributed by atoms with Crippen molar-refractivity contribution in [2.45, 2.75) is 152 Å². The largest absolute Gasteiger partial charge is 0.299 e. The Morgan fingerprint density at radius 1 is 0.353 bits per heavy atom. The van der Waals surface area contributed by atoms with Gasteiger partial charge in [0.15, 0.2) is 0 Å². The summed E-state index contributed by atoms with van der Waals surface area (Å²) in [6.45, 7) is 16.2. The van der Waals surface area contributed by atoms with Crippen LogP contribution in [0.15, 0.2) is 134 Å². The number of carbonyl (C=O) groups excluding carboxylic acids is 2. The van der Waals surface area contributed by atoms with E-state index in [0.717, 1.165) is 83.5 Å². The van der Waals surface area contributed by atoms with Crippen LogP contribution in [-0.2, 0) is 9.59 Å². The Morgan fingerprint density at radius 2 is 0.608 bits per heavy atom. The smallest absolute Gasteiger partial charge is 0.141 e. The first-order valence-electron chi connectivity index (χ1n) is 19.7. The van der Waals surface area contributed by atoms with Crippen LogP contribution in [-0.4, -0.2) is 11.6 Å². The quantitative estimate of drug-likeness (QED) is 0.0666. The molecule has 0 unspecified atom stereocenters. The van der Waals surface area contributed by atoms with Crippen LogP contribution in [0.25, 0.3) is 0 Å². The van der Waals surface area contributed by atoms with Crippen LogP contribution >= 0.6 is 0 Å². The van der Waals surface area contributed by atoms with Gasteiger partial charge in [0, 0.05) is 23.7 Å². The minimum atomic E-state index is -0.234. The number of hydrogen-bond acceptors (Lipinski definition) is 2. The Hall–Kier alpha value is -3.52. The Kier molecular flexibility index (Phi) is 35.3. The van der Waals surface area contributed by atoms with Crippen LogP contribution in [0.2, 0.25) is 0 Å². The molecule has 0 saturated heterocycles. The van der Waals surface area contributed by atoms with Gasteiger partial charge < -0.3 is 0 Å². The molecule has 0 aromatic carbocycles. The van der Waals surface area contributed by atoms with E-state index in [4.69, 9.17) is 0 Å². The predicted molar refractivity (Wildman–Crippen MR) is 230 cm³/mol. The first-order valence-corrected chi connectivity index (χ1v) is 19.7. The van der Waals surface area contributed by atoms with Gasteiger partial charge in [0.1, 0.15) is 11.6 Å². The second-order valence-corrected chi connectivity index (χ2v) is 14.6. The van der Waals surface area contributed by atoms with Crippen molar-refractivity contribution in [1.29, 1.82) is 0 Å². The van der Waals surface area contributed by atoms with Crippen LogP contribution in [0, 0.1) is 10.8 Å². The van der Waals surface area contributed by atoms with Crippen molar-refractivity contribution in [3.05, 3.63) is 134 Å². The lowest BCUT2D eigenvalue weighted by Crippen LogP contribution is -2.19. The van der Waals surface area contributed by atoms with Gasteiger partial charge in [-0.3, -0.25) is 9.59 Å². The van der Waals surface area contributed by atoms with E-state index in [1.807, 2.05) is 47.6 Å². The molecule has 284 valence electrons. The maximum Gasteiger partial charge on any atom is 0.141 e. The lowest BCUT2D eigenvalue weighted by Gasteiger charge is -2.15. The van der Waals surface area contributed by atoms with Crippen molar-refractivity contribution in [3.8, 4) is 0 Å². The van der Waals surface area contributed by atoms with E-state index in [1.165, 1.54) is 0 Å². The zero-order valence-corrected chi connectivity index (χ0v) is 34.1. The molecule has 0 aliphatic carbocycles. The number of carbonyl (C=O) groups is 2. The van der Waals surface area contributed by atoms with Crippen molar-refractivity contribution in [1.82, 2.24) is 0 Å². The molecule has 0 aliphatic heterocycles. The van der Waals surface area contributed by atoms with Crippen LogP contribution < -0.4 is 0 Å². The molecular weight excluding hydrogens is 621 g/mol. The third kappa shape index (κ3) is 40.8. The average Bonchev–Trinajstić information content (AvgIpc) is 3.08. The van der Waals surface area contributed by atoms with Gasteiger partial charge in [-0.05, 0) is 83.5 Å². The molecule has 0 N–H and O–H groups in total. The molecule has 2 nitrogen and oxygen atoms in total. The number of hydrogen-bond donors (Lipinski definition) is 0. The van der Waals surface area contributed by atoms with E-state index in [9.17, 15) is 9.59 Å². The van der Waals surface area contributed by atoms with Crippen LogP contribution in [0.1, 0.15) is 152 Å². The van der Waals surface area contributed by atoms with Crippen molar-refractivity contribution >= 4 is 11.6 Å². The second kappa shape index (κ2) is 36.3. The zero-order valence-electron chi connectivity index (χ0n) is 34.1. The number of rotatable bonds is 26. The fourth-order valence-electron chi connectivity index (χ4n) is 4.14. The Labute approximate surface area is 316 Å². The fourth-order valence-corrected chi connectivity index (χ4v) is 4.14. The molecule has 0 spiro atoms. The van der Waals surface area contributed by atoms with E-state index in [2.05, 4.69) is 141 Å². The molecule has 51 heavy (non-hydrogen) atoms. The maximum atomic E-state index is 11.8. The Morgan fingerprint density at radius 3 is 0.882 bits per heavy atom. The minimum Gasteiger partial charge on any atom is -0.299 e. The molecule has 0 aromatic heterocycles. The van der Waals surface area contributed by atoms with Gasteiger partial charge in [-0.2, -0.15) is 0 Å². The molecule has 2 heteroatoms. The minimum absolute atomic E-state index is 0.193. The van der Waals surface area contributed by atoms with Crippen molar-refractivity contribution < 1.29 is 9.59 Å². The Balaban J connectivity index is 0. The third-order valence-corrected chi connectivity index (χ3v) is 7.51. The summed E-state index contributed by atoms with van der Waals surface area (Å²) >= 11 is 0. The molecular formula is C49H76O2. The van der Waals surface area contributed by atoms with Crippen LogP contribution in [0.5, 0.6) is 0 Å². The second-order valence-electron chi connectivity index (χ2n) is 14.6. The summed E-state index contributed by atoms with van der Waals surface area (Å²) in [4.78, 5) is 23.5. The molecule has 0 heterocycles. The highest BCUT2D eigenvalue weighted by atomic mass is 16.1. The molecule has 0 rings (SSSR count). The predicted octanol–water partition coefficient (Wildman–Crippen LogP) is 15.2. The highest BCUT2D eigenvalue weighted by Gasteiger charge is 2.20. The monoisotopic (exact) mass is 697 g/mol. The van der Waals surface area contributed by atoms with Gasteiger partial charge in [0.05, 0.1) is 0 Å². The van der Waals surface area contributed by atoms with Crippen LogP contribution in [0.3, 0.4) is 0 Å². The van der Waals surface area contributed by atoms with Gasteiger partial charge in [0.25, 0.3) is 0 Å². The van der Waals surface area contributed by atoms with Crippen molar-refractivity contribution in [2.75, 3.05) is 0 Å². The summed E-state index contributed by atoms with van der Waals surface area (Å²) in [7, 11) is 0. The number of allylic oxidation sites excluding steroid dienone is 22. The summed E-state index contributed by atoms with van der Waals surface area (Å²) in [5.74, 6) is 0.650. The average molecular weight is 697 g/mol. The van der Waals surface area contributed by atoms with Gasteiger partial charge in [-0.15, -0.1) is 0 Å². The SMILES string of the molecule is CC/C=C\C/C=C\C/C=C\C/C=C\C/C=C\C/C=C\CC(=O)C(C)(C)C.CC/C=C\C/C=C\C/C=C\C/C=C\C/C=C\CCCC(=O)C(C)(C)C. The summed E-state index contributed by atoms with van der Waals surface area (Å²) < 4.78 is 0. The van der Waals surface area contributed by atoms with E-state index in [-0.39, 0.29) is 16.6 Å². The zero-order chi connectivity index (χ0) is 38.3. The number of unbranched alkanes of at least 4 members (excludes halogenated alkanes) is 1. The highest BCUT2D eigenvalue weighted by molar-refractivity contribution is 5.84. The van der Waals surface area contributed by atoms with Gasteiger partial charge in [-0.25, -0.2) is 0 Å². The summed E-state index contributed by atoms with van der Waals surface area (Å²) in [5.41, 5.74) is -0.427. The van der Waals surface area contributed by atoms with Gasteiger partial charge in [-0.1, -0.05) is 189 Å². The lowest BCUT2D eigenvalue weighted by molar-refractivity contribution is -0.126. The third-order valence-electron chi connectivity index (χ3n) is 7.51. The van der Waals surface area contributed by atoms with E-state index < -0.39 is 0 Å².